The Morgan fingerprint density at radius 3 is 2.96 bits per heavy atom. The Bertz CT molecular complexity index is 770. The van der Waals surface area contributed by atoms with Crippen LogP contribution in [-0.4, -0.2) is 57.1 Å². The fourth-order valence-electron chi connectivity index (χ4n) is 2.76. The maximum atomic E-state index is 12.5. The fraction of sp³-hybridized carbons (Fsp3) is 0.400. The van der Waals surface area contributed by atoms with Crippen molar-refractivity contribution in [2.45, 2.75) is 25.5 Å². The van der Waals surface area contributed by atoms with Gasteiger partial charge < -0.3 is 20.3 Å². The van der Waals surface area contributed by atoms with Gasteiger partial charge in [0.15, 0.2) is 0 Å². The zero-order chi connectivity index (χ0) is 16.6. The maximum Gasteiger partial charge on any atom is 0.416 e. The summed E-state index contributed by atoms with van der Waals surface area (Å²) in [7, 11) is 0. The number of rotatable bonds is 2. The van der Waals surface area contributed by atoms with Crippen molar-refractivity contribution in [2.75, 3.05) is 13.2 Å². The maximum absolute atomic E-state index is 12.5. The molecule has 3 rings (SSSR count). The number of nitrogens with zero attached hydrogens (tertiary/aromatic N) is 2. The van der Waals surface area contributed by atoms with Crippen LogP contribution in [0, 0.1) is 6.92 Å². The minimum Gasteiger partial charge on any atom is -0.464 e. The fourth-order valence-corrected chi connectivity index (χ4v) is 2.76. The number of carbonyl (C=O) groups is 2. The van der Waals surface area contributed by atoms with E-state index in [-0.39, 0.29) is 12.2 Å². The number of aliphatic hydroxyl groups is 1. The highest BCUT2D eigenvalue weighted by atomic mass is 16.5. The first-order chi connectivity index (χ1) is 11.0. The van der Waals surface area contributed by atoms with Crippen LogP contribution < -0.4 is 5.32 Å². The predicted octanol–water partition coefficient (Wildman–Crippen LogP) is 0.750. The van der Waals surface area contributed by atoms with Crippen molar-refractivity contribution >= 4 is 23.0 Å². The van der Waals surface area contributed by atoms with Gasteiger partial charge in [0.05, 0.1) is 29.8 Å². The van der Waals surface area contributed by atoms with Gasteiger partial charge in [-0.2, -0.15) is 0 Å². The highest BCUT2D eigenvalue weighted by molar-refractivity contribution is 6.08. The molecule has 1 amide bonds. The number of aryl methyl sites for hydroxylation is 1. The van der Waals surface area contributed by atoms with Gasteiger partial charge in [0, 0.05) is 19.0 Å². The van der Waals surface area contributed by atoms with Gasteiger partial charge >= 0.3 is 6.09 Å². The Hall–Kier alpha value is -2.45. The number of ether oxygens (including phenoxy) is 1. The Morgan fingerprint density at radius 2 is 2.26 bits per heavy atom. The third kappa shape index (κ3) is 2.78. The van der Waals surface area contributed by atoms with E-state index in [1.165, 1.54) is 12.4 Å². The molecule has 1 fully saturated rings. The number of hydrogen-bond acceptors (Lipinski definition) is 5. The molecule has 8 heteroatoms. The first-order valence-corrected chi connectivity index (χ1v) is 7.25. The topological polar surface area (TPSA) is 114 Å². The monoisotopic (exact) mass is 319 g/mol. The van der Waals surface area contributed by atoms with Crippen LogP contribution in [-0.2, 0) is 4.74 Å². The van der Waals surface area contributed by atoms with Crippen LogP contribution in [0.15, 0.2) is 18.5 Å². The summed E-state index contributed by atoms with van der Waals surface area (Å²) < 4.78 is 6.12. The number of pyridine rings is 1. The third-order valence-corrected chi connectivity index (χ3v) is 3.97. The second kappa shape index (κ2) is 5.98. The molecule has 122 valence electrons. The molecule has 0 unspecified atom stereocenters. The summed E-state index contributed by atoms with van der Waals surface area (Å²) in [5.74, 6) is -0.459. The number of aliphatic hydroxyl groups excluding tert-OH is 1. The molecule has 2 aromatic rings. The van der Waals surface area contributed by atoms with E-state index in [2.05, 4.69) is 10.3 Å². The summed E-state index contributed by atoms with van der Waals surface area (Å²) in [4.78, 5) is 28.0. The standard InChI is InChI=1S/C15H17N3O5/c1-8-2-4-16-12-9(6-18(13(8)12)15(21)22)14(20)17-10-3-5-23-7-11(10)19/h2,4,6,10-11,19H,3,5,7H2,1H3,(H,17,20)(H,21,22)/t10-,11-/m0/s1. The van der Waals surface area contributed by atoms with Crippen LogP contribution in [0.3, 0.4) is 0 Å². The van der Waals surface area contributed by atoms with Crippen molar-refractivity contribution in [3.8, 4) is 0 Å². The molecule has 23 heavy (non-hydrogen) atoms. The predicted molar refractivity (Wildman–Crippen MR) is 80.6 cm³/mol. The quantitative estimate of drug-likeness (QED) is 0.753. The zero-order valence-electron chi connectivity index (χ0n) is 12.5. The molecule has 8 nitrogen and oxygen atoms in total. The van der Waals surface area contributed by atoms with Gasteiger partial charge in [0.2, 0.25) is 0 Å². The molecule has 1 aliphatic heterocycles. The summed E-state index contributed by atoms with van der Waals surface area (Å²) in [5, 5.41) is 21.9. The van der Waals surface area contributed by atoms with Crippen molar-refractivity contribution < 1.29 is 24.5 Å². The molecule has 0 saturated carbocycles. The molecular weight excluding hydrogens is 302 g/mol. The molecule has 1 saturated heterocycles. The molecule has 0 aliphatic carbocycles. The summed E-state index contributed by atoms with van der Waals surface area (Å²) in [6, 6.07) is 1.26. The lowest BCUT2D eigenvalue weighted by molar-refractivity contribution is -0.0260. The Morgan fingerprint density at radius 1 is 1.48 bits per heavy atom. The number of fused-ring (bicyclic) bond motifs is 1. The van der Waals surface area contributed by atoms with E-state index >= 15 is 0 Å². The molecule has 2 aromatic heterocycles. The molecule has 0 aromatic carbocycles. The van der Waals surface area contributed by atoms with Crippen LogP contribution in [0.5, 0.6) is 0 Å². The smallest absolute Gasteiger partial charge is 0.416 e. The zero-order valence-corrected chi connectivity index (χ0v) is 12.5. The van der Waals surface area contributed by atoms with E-state index in [1.54, 1.807) is 13.0 Å². The normalized spacial score (nSPS) is 21.3. The molecule has 2 atom stereocenters. The first-order valence-electron chi connectivity index (χ1n) is 7.25. The molecule has 0 radical (unpaired) electrons. The molecule has 3 N–H and O–H groups in total. The Kier molecular flexibility index (Phi) is 4.01. The Labute approximate surface area is 131 Å². The molecule has 1 aliphatic rings. The van der Waals surface area contributed by atoms with E-state index in [9.17, 15) is 19.8 Å². The number of nitrogens with one attached hydrogen (secondary N) is 1. The van der Waals surface area contributed by atoms with Gasteiger partial charge in [0.1, 0.15) is 5.52 Å². The lowest BCUT2D eigenvalue weighted by Gasteiger charge is -2.28. The van der Waals surface area contributed by atoms with Gasteiger partial charge in [-0.3, -0.25) is 9.78 Å². The average molecular weight is 319 g/mol. The second-order valence-electron chi connectivity index (χ2n) is 5.53. The van der Waals surface area contributed by atoms with Crippen molar-refractivity contribution in [3.63, 3.8) is 0 Å². The van der Waals surface area contributed by atoms with E-state index < -0.39 is 24.1 Å². The summed E-state index contributed by atoms with van der Waals surface area (Å²) in [5.41, 5.74) is 1.59. The third-order valence-electron chi connectivity index (χ3n) is 3.97. The van der Waals surface area contributed by atoms with Gasteiger partial charge in [-0.1, -0.05) is 0 Å². The van der Waals surface area contributed by atoms with Crippen molar-refractivity contribution in [1.29, 1.82) is 0 Å². The number of carbonyl (C=O) groups excluding carboxylic acids is 1. The van der Waals surface area contributed by atoms with E-state index in [0.717, 1.165) is 4.57 Å². The van der Waals surface area contributed by atoms with Gasteiger partial charge in [-0.25, -0.2) is 9.36 Å². The Balaban J connectivity index is 1.97. The van der Waals surface area contributed by atoms with Crippen molar-refractivity contribution in [3.05, 3.63) is 29.6 Å². The second-order valence-corrected chi connectivity index (χ2v) is 5.53. The molecular formula is C15H17N3O5. The average Bonchev–Trinajstić information content (AvgIpc) is 2.91. The minimum atomic E-state index is -1.18. The largest absolute Gasteiger partial charge is 0.464 e. The van der Waals surface area contributed by atoms with Crippen molar-refractivity contribution in [1.82, 2.24) is 14.9 Å². The number of amides is 1. The van der Waals surface area contributed by atoms with Crippen LogP contribution in [0.2, 0.25) is 0 Å². The summed E-state index contributed by atoms with van der Waals surface area (Å²) in [6.07, 6.45) is 1.32. The van der Waals surface area contributed by atoms with E-state index in [4.69, 9.17) is 4.74 Å². The molecule has 0 bridgehead atoms. The first kappa shape index (κ1) is 15.4. The van der Waals surface area contributed by atoms with Crippen molar-refractivity contribution in [2.24, 2.45) is 0 Å². The van der Waals surface area contributed by atoms with Crippen LogP contribution >= 0.6 is 0 Å². The minimum absolute atomic E-state index is 0.166. The van der Waals surface area contributed by atoms with Crippen LogP contribution in [0.25, 0.3) is 11.0 Å². The highest BCUT2D eigenvalue weighted by Crippen LogP contribution is 2.23. The van der Waals surface area contributed by atoms with Crippen LogP contribution in [0.1, 0.15) is 22.3 Å². The number of carboxylic acid groups (broad SMARTS) is 1. The lowest BCUT2D eigenvalue weighted by Crippen LogP contribution is -2.48. The number of hydrogen-bond donors (Lipinski definition) is 3. The lowest BCUT2D eigenvalue weighted by atomic mass is 10.1. The molecule has 0 spiro atoms. The highest BCUT2D eigenvalue weighted by Gasteiger charge is 2.27. The summed E-state index contributed by atoms with van der Waals surface area (Å²) >= 11 is 0. The van der Waals surface area contributed by atoms with E-state index in [0.29, 0.717) is 29.6 Å². The SMILES string of the molecule is Cc1ccnc2c(C(=O)N[C@H]3CCOC[C@@H]3O)cn(C(=O)O)c12. The van der Waals surface area contributed by atoms with Gasteiger partial charge in [-0.05, 0) is 25.0 Å². The summed E-state index contributed by atoms with van der Waals surface area (Å²) in [6.45, 7) is 2.38. The molecule has 3 heterocycles. The van der Waals surface area contributed by atoms with Gasteiger partial charge in [0.25, 0.3) is 5.91 Å². The van der Waals surface area contributed by atoms with E-state index in [1.807, 2.05) is 0 Å². The number of aromatic nitrogens is 2. The van der Waals surface area contributed by atoms with Crippen LogP contribution in [0.4, 0.5) is 4.79 Å². The van der Waals surface area contributed by atoms with Gasteiger partial charge in [-0.15, -0.1) is 0 Å².